The number of amides is 1. The Balaban J connectivity index is 1.77. The van der Waals surface area contributed by atoms with Gasteiger partial charge in [0.15, 0.2) is 0 Å². The molecule has 10 heteroatoms. The smallest absolute Gasteiger partial charge is 0.274 e. The molecule has 3 aromatic rings. The van der Waals surface area contributed by atoms with Gasteiger partial charge >= 0.3 is 0 Å². The van der Waals surface area contributed by atoms with Crippen LogP contribution in [0.5, 0.6) is 0 Å². The van der Waals surface area contributed by atoms with E-state index in [2.05, 4.69) is 34.6 Å². The predicted octanol–water partition coefficient (Wildman–Crippen LogP) is 3.30. The van der Waals surface area contributed by atoms with E-state index in [1.54, 1.807) is 4.68 Å². The molecule has 0 atom stereocenters. The maximum Gasteiger partial charge on any atom is 0.274 e. The van der Waals surface area contributed by atoms with Crippen LogP contribution in [0.15, 0.2) is 47.6 Å². The van der Waals surface area contributed by atoms with E-state index in [1.807, 2.05) is 12.1 Å². The lowest BCUT2D eigenvalue weighted by molar-refractivity contribution is -0.385. The number of hydrogen-bond donors (Lipinski definition) is 1. The number of aryl methyl sites for hydroxylation is 1. The minimum atomic E-state index is -0.710. The number of nitrogens with zero attached hydrogens (tertiary/aromatic N) is 5. The van der Waals surface area contributed by atoms with Gasteiger partial charge in [0.2, 0.25) is 11.1 Å². The first-order valence-corrected chi connectivity index (χ1v) is 10.1. The van der Waals surface area contributed by atoms with Gasteiger partial charge in [0.05, 0.1) is 10.6 Å². The maximum atomic E-state index is 11.4. The van der Waals surface area contributed by atoms with Crippen LogP contribution in [0.25, 0.3) is 5.69 Å². The van der Waals surface area contributed by atoms with Gasteiger partial charge in [0.25, 0.3) is 5.69 Å². The average Bonchev–Trinajstić information content (AvgIpc) is 3.19. The number of hydrogen-bond acceptors (Lipinski definition) is 7. The Kier molecular flexibility index (Phi) is 6.55. The van der Waals surface area contributed by atoms with Gasteiger partial charge in [0.1, 0.15) is 0 Å². The molecular weight excluding hydrogens is 392 g/mol. The Bertz CT molecular complexity index is 1020. The summed E-state index contributed by atoms with van der Waals surface area (Å²) < 4.78 is 1.60. The molecule has 0 radical (unpaired) electrons. The summed E-state index contributed by atoms with van der Waals surface area (Å²) in [5, 5.41) is 23.6. The number of aromatic nitrogens is 4. The number of carbonyl (C=O) groups is 1. The molecule has 0 bridgehead atoms. The number of rotatable bonds is 9. The highest BCUT2D eigenvalue weighted by Crippen LogP contribution is 2.28. The van der Waals surface area contributed by atoms with E-state index < -0.39 is 10.8 Å². The molecule has 0 saturated carbocycles. The van der Waals surface area contributed by atoms with Gasteiger partial charge in [-0.3, -0.25) is 14.9 Å². The second-order valence-electron chi connectivity index (χ2n) is 6.40. The predicted molar refractivity (Wildman–Crippen MR) is 109 cm³/mol. The minimum absolute atomic E-state index is 0.0958. The zero-order valence-electron chi connectivity index (χ0n) is 15.8. The highest BCUT2D eigenvalue weighted by atomic mass is 32.2. The molecule has 150 valence electrons. The fourth-order valence-electron chi connectivity index (χ4n) is 2.77. The van der Waals surface area contributed by atoms with Crippen molar-refractivity contribution in [2.45, 2.75) is 37.1 Å². The summed E-state index contributed by atoms with van der Waals surface area (Å²) >= 11 is 1.27. The van der Waals surface area contributed by atoms with E-state index in [0.29, 0.717) is 10.7 Å². The molecule has 29 heavy (non-hydrogen) atoms. The van der Waals surface area contributed by atoms with Crippen LogP contribution >= 0.6 is 11.8 Å². The highest BCUT2D eigenvalue weighted by molar-refractivity contribution is 7.98. The molecule has 0 unspecified atom stereocenters. The van der Waals surface area contributed by atoms with Gasteiger partial charge < -0.3 is 5.73 Å². The topological polar surface area (TPSA) is 130 Å². The summed E-state index contributed by atoms with van der Waals surface area (Å²) in [7, 11) is 0. The van der Waals surface area contributed by atoms with Gasteiger partial charge in [-0.25, -0.2) is 0 Å². The monoisotopic (exact) mass is 412 g/mol. The second-order valence-corrected chi connectivity index (χ2v) is 7.34. The van der Waals surface area contributed by atoms with E-state index in [0.717, 1.165) is 24.9 Å². The molecule has 1 aromatic heterocycles. The number of carbonyl (C=O) groups excluding carboxylic acids is 1. The number of primary amides is 1. The van der Waals surface area contributed by atoms with Gasteiger partial charge in [-0.15, -0.1) is 5.10 Å². The second kappa shape index (κ2) is 9.28. The molecule has 1 amide bonds. The first kappa shape index (κ1) is 20.5. The number of nitro groups is 1. The molecule has 0 aliphatic carbocycles. The SMILES string of the molecule is CCCCc1ccc(-n2nnnc2SCc2ccc(C(N)=O)cc2[N+](=O)[O-])cc1. The van der Waals surface area contributed by atoms with Gasteiger partial charge in [-0.1, -0.05) is 43.3 Å². The summed E-state index contributed by atoms with van der Waals surface area (Å²) in [5.74, 6) is -0.441. The first-order chi connectivity index (χ1) is 14.0. The van der Waals surface area contributed by atoms with Crippen LogP contribution in [0, 0.1) is 10.1 Å². The molecule has 0 fully saturated rings. The molecule has 0 spiro atoms. The Morgan fingerprint density at radius 1 is 1.24 bits per heavy atom. The number of tetrazole rings is 1. The first-order valence-electron chi connectivity index (χ1n) is 9.07. The van der Waals surface area contributed by atoms with Crippen LogP contribution in [0.2, 0.25) is 0 Å². The van der Waals surface area contributed by atoms with Crippen molar-refractivity contribution in [2.75, 3.05) is 0 Å². The van der Waals surface area contributed by atoms with E-state index in [9.17, 15) is 14.9 Å². The molecule has 9 nitrogen and oxygen atoms in total. The number of benzene rings is 2. The lowest BCUT2D eigenvalue weighted by Crippen LogP contribution is -2.11. The highest BCUT2D eigenvalue weighted by Gasteiger charge is 2.18. The Morgan fingerprint density at radius 2 is 2.00 bits per heavy atom. The van der Waals surface area contributed by atoms with Crippen molar-refractivity contribution in [2.24, 2.45) is 5.73 Å². The Hall–Kier alpha value is -3.27. The van der Waals surface area contributed by atoms with Gasteiger partial charge in [-0.2, -0.15) is 4.68 Å². The fraction of sp³-hybridized carbons (Fsp3) is 0.263. The van der Waals surface area contributed by atoms with Crippen LogP contribution in [0.4, 0.5) is 5.69 Å². The third-order valence-electron chi connectivity index (χ3n) is 4.36. The maximum absolute atomic E-state index is 11.4. The fourth-order valence-corrected chi connectivity index (χ4v) is 3.65. The minimum Gasteiger partial charge on any atom is -0.366 e. The summed E-state index contributed by atoms with van der Waals surface area (Å²) in [4.78, 5) is 22.1. The van der Waals surface area contributed by atoms with Crippen molar-refractivity contribution < 1.29 is 9.72 Å². The number of nitro benzene ring substituents is 1. The van der Waals surface area contributed by atoms with Crippen molar-refractivity contribution in [1.82, 2.24) is 20.2 Å². The molecule has 1 heterocycles. The van der Waals surface area contributed by atoms with Crippen LogP contribution in [-0.4, -0.2) is 31.0 Å². The van der Waals surface area contributed by atoms with E-state index in [4.69, 9.17) is 5.73 Å². The largest absolute Gasteiger partial charge is 0.366 e. The van der Waals surface area contributed by atoms with E-state index in [1.165, 1.54) is 35.5 Å². The molecule has 0 aliphatic heterocycles. The van der Waals surface area contributed by atoms with Crippen molar-refractivity contribution in [3.8, 4) is 5.69 Å². The summed E-state index contributed by atoms with van der Waals surface area (Å²) in [6, 6.07) is 12.2. The summed E-state index contributed by atoms with van der Waals surface area (Å²) in [6.07, 6.45) is 3.31. The van der Waals surface area contributed by atoms with Crippen molar-refractivity contribution in [1.29, 1.82) is 0 Å². The van der Waals surface area contributed by atoms with Gasteiger partial charge in [0, 0.05) is 22.9 Å². The zero-order valence-corrected chi connectivity index (χ0v) is 16.6. The number of unbranched alkanes of at least 4 members (excludes halogenated alkanes) is 1. The normalized spacial score (nSPS) is 10.8. The zero-order chi connectivity index (χ0) is 20.8. The summed E-state index contributed by atoms with van der Waals surface area (Å²) in [5.41, 5.74) is 7.67. The number of thioether (sulfide) groups is 1. The van der Waals surface area contributed by atoms with Crippen LogP contribution < -0.4 is 5.73 Å². The van der Waals surface area contributed by atoms with E-state index in [-0.39, 0.29) is 17.0 Å². The third kappa shape index (κ3) is 4.96. The van der Waals surface area contributed by atoms with Crippen molar-refractivity contribution in [3.63, 3.8) is 0 Å². The van der Waals surface area contributed by atoms with Crippen molar-refractivity contribution >= 4 is 23.4 Å². The lowest BCUT2D eigenvalue weighted by Gasteiger charge is -2.07. The molecule has 2 N–H and O–H groups in total. The molecule has 2 aromatic carbocycles. The van der Waals surface area contributed by atoms with Crippen LogP contribution in [0.1, 0.15) is 41.3 Å². The molecule has 3 rings (SSSR count). The lowest BCUT2D eigenvalue weighted by atomic mass is 10.1. The van der Waals surface area contributed by atoms with E-state index >= 15 is 0 Å². The van der Waals surface area contributed by atoms with Crippen LogP contribution in [0.3, 0.4) is 0 Å². The quantitative estimate of drug-likeness (QED) is 0.324. The molecule has 0 aliphatic rings. The molecule has 0 saturated heterocycles. The number of nitrogens with two attached hydrogens (primary N) is 1. The molecular formula is C19H20N6O3S. The average molecular weight is 412 g/mol. The standard InChI is InChI=1S/C19H20N6O3S/c1-2-3-4-13-5-9-16(10-6-13)24-19(21-22-23-24)29-12-15-8-7-14(18(20)26)11-17(15)25(27)28/h5-11H,2-4,12H2,1H3,(H2,20,26). The van der Waals surface area contributed by atoms with Gasteiger partial charge in [-0.05, 0) is 47.0 Å². The Labute approximate surface area is 171 Å². The van der Waals surface area contributed by atoms with Crippen molar-refractivity contribution in [3.05, 3.63) is 69.3 Å². The van der Waals surface area contributed by atoms with Crippen LogP contribution in [-0.2, 0) is 12.2 Å². The third-order valence-corrected chi connectivity index (χ3v) is 5.33. The Morgan fingerprint density at radius 3 is 2.66 bits per heavy atom. The summed E-state index contributed by atoms with van der Waals surface area (Å²) in [6.45, 7) is 2.16.